The second-order valence-corrected chi connectivity index (χ2v) is 9.17. The first kappa shape index (κ1) is 23.8. The van der Waals surface area contributed by atoms with Gasteiger partial charge < -0.3 is 9.47 Å². The number of hydrogen-bond acceptors (Lipinski definition) is 5. The van der Waals surface area contributed by atoms with Crippen LogP contribution in [-0.2, 0) is 14.3 Å². The maximum Gasteiger partial charge on any atom is 0.326 e. The molecule has 1 aliphatic heterocycles. The van der Waals surface area contributed by atoms with Crippen molar-refractivity contribution < 1.29 is 19.1 Å². The third-order valence-electron chi connectivity index (χ3n) is 5.86. The van der Waals surface area contributed by atoms with Gasteiger partial charge in [0.25, 0.3) is 5.91 Å². The zero-order valence-electron chi connectivity index (χ0n) is 19.6. The largest absolute Gasteiger partial charge is 0.482 e. The number of hydrogen-bond donors (Lipinski definition) is 0. The van der Waals surface area contributed by atoms with Crippen LogP contribution in [0, 0.1) is 0 Å². The third-order valence-corrected chi connectivity index (χ3v) is 6.39. The molecule has 0 aliphatic carbocycles. The molecule has 1 amide bonds. The standard InChI is InChI=1S/C29H23BrN2O4/c1-2-35-29(34)17-32-26-16-21(10-13-27(26)36-18-28(32)33)25-15-22(19-6-4-3-5-7-19)14-24(31-25)20-8-11-23(30)12-9-20/h3-16H,2,17-18H2,1H3. The van der Waals surface area contributed by atoms with E-state index >= 15 is 0 Å². The molecule has 7 heteroatoms. The van der Waals surface area contributed by atoms with Crippen LogP contribution in [0.2, 0.25) is 0 Å². The highest BCUT2D eigenvalue weighted by Crippen LogP contribution is 2.37. The number of amides is 1. The van der Waals surface area contributed by atoms with E-state index in [0.717, 1.165) is 38.1 Å². The van der Waals surface area contributed by atoms with Gasteiger partial charge in [0.15, 0.2) is 6.61 Å². The third kappa shape index (κ3) is 5.02. The number of benzene rings is 3. The highest BCUT2D eigenvalue weighted by atomic mass is 79.9. The zero-order chi connectivity index (χ0) is 25.1. The Bertz CT molecular complexity index is 1420. The average Bonchev–Trinajstić information content (AvgIpc) is 2.91. The molecule has 1 aromatic heterocycles. The lowest BCUT2D eigenvalue weighted by Crippen LogP contribution is -2.42. The molecule has 0 atom stereocenters. The van der Waals surface area contributed by atoms with Crippen LogP contribution in [0.25, 0.3) is 33.6 Å². The Kier molecular flexibility index (Phi) is 6.82. The van der Waals surface area contributed by atoms with Crippen molar-refractivity contribution in [3.63, 3.8) is 0 Å². The highest BCUT2D eigenvalue weighted by molar-refractivity contribution is 9.10. The Labute approximate surface area is 217 Å². The molecule has 0 spiro atoms. The number of nitrogens with zero attached hydrogens (tertiary/aromatic N) is 2. The lowest BCUT2D eigenvalue weighted by molar-refractivity contribution is -0.142. The molecule has 2 heterocycles. The van der Waals surface area contributed by atoms with Crippen molar-refractivity contribution in [2.75, 3.05) is 24.7 Å². The Morgan fingerprint density at radius 1 is 0.917 bits per heavy atom. The molecular formula is C29H23BrN2O4. The summed E-state index contributed by atoms with van der Waals surface area (Å²) in [7, 11) is 0. The molecule has 3 aromatic carbocycles. The molecule has 5 rings (SSSR count). The van der Waals surface area contributed by atoms with E-state index in [1.807, 2.05) is 66.7 Å². The van der Waals surface area contributed by atoms with Gasteiger partial charge in [-0.05, 0) is 60.5 Å². The maximum absolute atomic E-state index is 12.6. The molecular weight excluding hydrogens is 520 g/mol. The lowest BCUT2D eigenvalue weighted by Gasteiger charge is -2.29. The quantitative estimate of drug-likeness (QED) is 0.274. The fourth-order valence-corrected chi connectivity index (χ4v) is 4.38. The Balaban J connectivity index is 1.61. The SMILES string of the molecule is CCOC(=O)CN1C(=O)COc2ccc(-c3cc(-c4ccccc4)cc(-c4ccc(Br)cc4)n3)cc21. The Morgan fingerprint density at radius 2 is 1.61 bits per heavy atom. The van der Waals surface area contributed by atoms with Crippen LogP contribution in [0.3, 0.4) is 0 Å². The van der Waals surface area contributed by atoms with Crippen LogP contribution in [0.4, 0.5) is 5.69 Å². The summed E-state index contributed by atoms with van der Waals surface area (Å²) in [5.74, 6) is -0.227. The van der Waals surface area contributed by atoms with Crippen molar-refractivity contribution in [2.24, 2.45) is 0 Å². The number of aromatic nitrogens is 1. The van der Waals surface area contributed by atoms with Gasteiger partial charge in [-0.2, -0.15) is 0 Å². The number of halogens is 1. The van der Waals surface area contributed by atoms with E-state index in [-0.39, 0.29) is 25.7 Å². The summed E-state index contributed by atoms with van der Waals surface area (Å²) in [6.07, 6.45) is 0. The van der Waals surface area contributed by atoms with Crippen LogP contribution in [0.1, 0.15) is 6.92 Å². The number of carbonyl (C=O) groups is 2. The minimum atomic E-state index is -0.467. The van der Waals surface area contributed by atoms with Gasteiger partial charge in [0.1, 0.15) is 12.3 Å². The number of ether oxygens (including phenoxy) is 2. The van der Waals surface area contributed by atoms with Crippen LogP contribution in [0.15, 0.2) is 89.4 Å². The van der Waals surface area contributed by atoms with Gasteiger partial charge in [0.05, 0.1) is 23.7 Å². The number of fused-ring (bicyclic) bond motifs is 1. The molecule has 0 radical (unpaired) electrons. The van der Waals surface area contributed by atoms with Crippen molar-refractivity contribution in [1.82, 2.24) is 4.98 Å². The van der Waals surface area contributed by atoms with Gasteiger partial charge >= 0.3 is 5.97 Å². The van der Waals surface area contributed by atoms with Crippen molar-refractivity contribution in [1.29, 1.82) is 0 Å². The molecule has 1 aliphatic rings. The summed E-state index contributed by atoms with van der Waals surface area (Å²) < 4.78 is 11.7. The summed E-state index contributed by atoms with van der Waals surface area (Å²) >= 11 is 3.50. The Hall–Kier alpha value is -3.97. The molecule has 0 saturated heterocycles. The lowest BCUT2D eigenvalue weighted by atomic mass is 9.99. The van der Waals surface area contributed by atoms with Gasteiger partial charge in [0, 0.05) is 15.6 Å². The van der Waals surface area contributed by atoms with Gasteiger partial charge in [-0.3, -0.25) is 14.5 Å². The van der Waals surface area contributed by atoms with Gasteiger partial charge in [-0.15, -0.1) is 0 Å². The van der Waals surface area contributed by atoms with E-state index in [9.17, 15) is 9.59 Å². The van der Waals surface area contributed by atoms with Crippen LogP contribution < -0.4 is 9.64 Å². The first-order valence-corrected chi connectivity index (χ1v) is 12.4. The van der Waals surface area contributed by atoms with E-state index in [1.165, 1.54) is 4.90 Å². The first-order valence-electron chi connectivity index (χ1n) is 11.6. The molecule has 6 nitrogen and oxygen atoms in total. The molecule has 0 fully saturated rings. The predicted octanol–water partition coefficient (Wildman–Crippen LogP) is 6.13. The number of anilines is 1. The van der Waals surface area contributed by atoms with Gasteiger partial charge in [-0.25, -0.2) is 4.98 Å². The number of carbonyl (C=O) groups excluding carboxylic acids is 2. The van der Waals surface area contributed by atoms with Gasteiger partial charge in [0.2, 0.25) is 0 Å². The predicted molar refractivity (Wildman–Crippen MR) is 143 cm³/mol. The Morgan fingerprint density at radius 3 is 2.33 bits per heavy atom. The number of pyridine rings is 1. The van der Waals surface area contributed by atoms with E-state index < -0.39 is 5.97 Å². The summed E-state index contributed by atoms with van der Waals surface area (Å²) in [6, 6.07) is 27.8. The fourth-order valence-electron chi connectivity index (χ4n) is 4.11. The van der Waals surface area contributed by atoms with E-state index in [2.05, 4.69) is 34.1 Å². The van der Waals surface area contributed by atoms with Crippen molar-refractivity contribution in [2.45, 2.75) is 6.92 Å². The number of esters is 1. The molecule has 0 saturated carbocycles. The van der Waals surface area contributed by atoms with Crippen molar-refractivity contribution in [3.8, 4) is 39.4 Å². The average molecular weight is 543 g/mol. The van der Waals surface area contributed by atoms with Crippen LogP contribution in [-0.4, -0.2) is 36.6 Å². The zero-order valence-corrected chi connectivity index (χ0v) is 21.2. The summed E-state index contributed by atoms with van der Waals surface area (Å²) in [4.78, 5) is 31.2. The maximum atomic E-state index is 12.6. The smallest absolute Gasteiger partial charge is 0.326 e. The van der Waals surface area contributed by atoms with E-state index in [0.29, 0.717) is 11.4 Å². The minimum Gasteiger partial charge on any atom is -0.482 e. The second kappa shape index (κ2) is 10.3. The van der Waals surface area contributed by atoms with E-state index in [4.69, 9.17) is 14.5 Å². The molecule has 0 unspecified atom stereocenters. The van der Waals surface area contributed by atoms with Crippen molar-refractivity contribution >= 4 is 33.5 Å². The van der Waals surface area contributed by atoms with Gasteiger partial charge in [-0.1, -0.05) is 58.4 Å². The van der Waals surface area contributed by atoms with Crippen molar-refractivity contribution in [3.05, 3.63) is 89.4 Å². The summed E-state index contributed by atoms with van der Waals surface area (Å²) in [6.45, 7) is 1.69. The first-order chi connectivity index (χ1) is 17.5. The fraction of sp³-hybridized carbons (Fsp3) is 0.138. The summed E-state index contributed by atoms with van der Waals surface area (Å²) in [5, 5.41) is 0. The number of rotatable bonds is 6. The van der Waals surface area contributed by atoms with Crippen LogP contribution in [0.5, 0.6) is 5.75 Å². The summed E-state index contributed by atoms with van der Waals surface area (Å²) in [5.41, 5.74) is 5.97. The normalized spacial score (nSPS) is 12.6. The van der Waals surface area contributed by atoms with Crippen LogP contribution >= 0.6 is 15.9 Å². The topological polar surface area (TPSA) is 68.7 Å². The molecule has 0 bridgehead atoms. The monoisotopic (exact) mass is 542 g/mol. The minimum absolute atomic E-state index is 0.124. The molecule has 180 valence electrons. The molecule has 36 heavy (non-hydrogen) atoms. The molecule has 0 N–H and O–H groups in total. The second-order valence-electron chi connectivity index (χ2n) is 8.26. The molecule has 4 aromatic rings. The van der Waals surface area contributed by atoms with E-state index in [1.54, 1.807) is 6.92 Å². The highest BCUT2D eigenvalue weighted by Gasteiger charge is 2.28.